The molecule has 0 aliphatic carbocycles. The molecule has 19 heavy (non-hydrogen) atoms. The molecule has 0 bridgehead atoms. The SMILES string of the molecule is CCC(CCO)Nc1nc(NC)nc2ccccc12. The molecule has 102 valence electrons. The van der Waals surface area contributed by atoms with Crippen LogP contribution in [0, 0.1) is 0 Å². The third kappa shape index (κ3) is 3.12. The second-order valence-electron chi connectivity index (χ2n) is 4.42. The van der Waals surface area contributed by atoms with Crippen molar-refractivity contribution >= 4 is 22.7 Å². The first-order valence-electron chi connectivity index (χ1n) is 6.60. The zero-order chi connectivity index (χ0) is 13.7. The number of hydrogen-bond acceptors (Lipinski definition) is 5. The number of aliphatic hydroxyl groups is 1. The Morgan fingerprint density at radius 3 is 2.74 bits per heavy atom. The van der Waals surface area contributed by atoms with Gasteiger partial charge in [-0.25, -0.2) is 4.98 Å². The van der Waals surface area contributed by atoms with Crippen LogP contribution in [0.3, 0.4) is 0 Å². The average molecular weight is 260 g/mol. The number of aromatic nitrogens is 2. The van der Waals surface area contributed by atoms with Gasteiger partial charge in [0.25, 0.3) is 0 Å². The van der Waals surface area contributed by atoms with Gasteiger partial charge >= 0.3 is 0 Å². The minimum Gasteiger partial charge on any atom is -0.396 e. The third-order valence-corrected chi connectivity index (χ3v) is 3.14. The zero-order valence-electron chi connectivity index (χ0n) is 11.3. The Morgan fingerprint density at radius 1 is 1.26 bits per heavy atom. The highest BCUT2D eigenvalue weighted by Gasteiger charge is 2.11. The van der Waals surface area contributed by atoms with Gasteiger partial charge in [-0.05, 0) is 25.0 Å². The Labute approximate surface area is 113 Å². The lowest BCUT2D eigenvalue weighted by Gasteiger charge is -2.18. The molecule has 0 amide bonds. The summed E-state index contributed by atoms with van der Waals surface area (Å²) in [5, 5.41) is 16.4. The summed E-state index contributed by atoms with van der Waals surface area (Å²) in [6, 6.07) is 8.12. The van der Waals surface area contributed by atoms with Gasteiger partial charge in [0.1, 0.15) is 5.82 Å². The number of nitrogens with zero attached hydrogens (tertiary/aromatic N) is 2. The van der Waals surface area contributed by atoms with E-state index in [1.54, 1.807) is 7.05 Å². The summed E-state index contributed by atoms with van der Waals surface area (Å²) in [5.74, 6) is 1.41. The Morgan fingerprint density at radius 2 is 2.05 bits per heavy atom. The third-order valence-electron chi connectivity index (χ3n) is 3.14. The van der Waals surface area contributed by atoms with Gasteiger partial charge in [0.2, 0.25) is 5.95 Å². The quantitative estimate of drug-likeness (QED) is 0.743. The van der Waals surface area contributed by atoms with Crippen LogP contribution < -0.4 is 10.6 Å². The van der Waals surface area contributed by atoms with Gasteiger partial charge in [0.05, 0.1) is 5.52 Å². The number of fused-ring (bicyclic) bond motifs is 1. The van der Waals surface area contributed by atoms with E-state index in [1.165, 1.54) is 0 Å². The molecule has 0 aliphatic rings. The molecule has 2 aromatic rings. The number of nitrogens with one attached hydrogen (secondary N) is 2. The van der Waals surface area contributed by atoms with E-state index in [1.807, 2.05) is 24.3 Å². The van der Waals surface area contributed by atoms with Gasteiger partial charge in [0.15, 0.2) is 0 Å². The second kappa shape index (κ2) is 6.33. The summed E-state index contributed by atoms with van der Waals surface area (Å²) in [6.45, 7) is 2.27. The number of anilines is 2. The molecule has 0 radical (unpaired) electrons. The average Bonchev–Trinajstić information content (AvgIpc) is 2.46. The summed E-state index contributed by atoms with van der Waals surface area (Å²) in [7, 11) is 1.80. The number of aliphatic hydroxyl groups excluding tert-OH is 1. The fourth-order valence-electron chi connectivity index (χ4n) is 2.03. The highest BCUT2D eigenvalue weighted by molar-refractivity contribution is 5.90. The van der Waals surface area contributed by atoms with E-state index < -0.39 is 0 Å². The Hall–Kier alpha value is -1.88. The van der Waals surface area contributed by atoms with Gasteiger partial charge in [-0.15, -0.1) is 0 Å². The molecule has 0 aliphatic heterocycles. The lowest BCUT2D eigenvalue weighted by atomic mass is 10.1. The van der Waals surface area contributed by atoms with Crippen molar-refractivity contribution in [2.24, 2.45) is 0 Å². The van der Waals surface area contributed by atoms with E-state index in [-0.39, 0.29) is 12.6 Å². The number of para-hydroxylation sites is 1. The molecule has 5 nitrogen and oxygen atoms in total. The van der Waals surface area contributed by atoms with Crippen LogP contribution in [0.5, 0.6) is 0 Å². The van der Waals surface area contributed by atoms with E-state index in [9.17, 15) is 0 Å². The van der Waals surface area contributed by atoms with Crippen molar-refractivity contribution in [2.45, 2.75) is 25.8 Å². The van der Waals surface area contributed by atoms with Crippen LogP contribution in [0.15, 0.2) is 24.3 Å². The topological polar surface area (TPSA) is 70.1 Å². The largest absolute Gasteiger partial charge is 0.396 e. The predicted molar refractivity (Wildman–Crippen MR) is 78.5 cm³/mol. The Kier molecular flexibility index (Phi) is 4.52. The van der Waals surface area contributed by atoms with Crippen molar-refractivity contribution in [3.05, 3.63) is 24.3 Å². The molecule has 1 heterocycles. The first-order valence-corrected chi connectivity index (χ1v) is 6.60. The minimum absolute atomic E-state index is 0.174. The van der Waals surface area contributed by atoms with Crippen LogP contribution in [0.25, 0.3) is 10.9 Å². The Balaban J connectivity index is 2.39. The first-order chi connectivity index (χ1) is 9.28. The molecule has 5 heteroatoms. The minimum atomic E-state index is 0.174. The van der Waals surface area contributed by atoms with E-state index >= 15 is 0 Å². The van der Waals surface area contributed by atoms with Crippen molar-refractivity contribution in [1.82, 2.24) is 9.97 Å². The van der Waals surface area contributed by atoms with Gasteiger partial charge in [-0.2, -0.15) is 4.98 Å². The summed E-state index contributed by atoms with van der Waals surface area (Å²) in [6.07, 6.45) is 1.65. The van der Waals surface area contributed by atoms with Gasteiger partial charge in [-0.1, -0.05) is 19.1 Å². The molecular weight excluding hydrogens is 240 g/mol. The number of rotatable bonds is 6. The molecule has 1 aromatic carbocycles. The van der Waals surface area contributed by atoms with Crippen LogP contribution in [0.4, 0.5) is 11.8 Å². The van der Waals surface area contributed by atoms with E-state index in [0.717, 1.165) is 23.1 Å². The van der Waals surface area contributed by atoms with Gasteiger partial charge < -0.3 is 15.7 Å². The first kappa shape index (κ1) is 13.5. The molecule has 0 fully saturated rings. The molecule has 0 spiro atoms. The predicted octanol–water partition coefficient (Wildman–Crippen LogP) is 2.24. The fourth-order valence-corrected chi connectivity index (χ4v) is 2.03. The molecular formula is C14H20N4O. The molecule has 1 atom stereocenters. The highest BCUT2D eigenvalue weighted by atomic mass is 16.3. The molecule has 3 N–H and O–H groups in total. The van der Waals surface area contributed by atoms with E-state index in [2.05, 4.69) is 27.5 Å². The normalized spacial score (nSPS) is 12.4. The van der Waals surface area contributed by atoms with Crippen LogP contribution >= 0.6 is 0 Å². The zero-order valence-corrected chi connectivity index (χ0v) is 11.3. The molecule has 0 saturated carbocycles. The van der Waals surface area contributed by atoms with Gasteiger partial charge in [-0.3, -0.25) is 0 Å². The van der Waals surface area contributed by atoms with E-state index in [0.29, 0.717) is 12.4 Å². The van der Waals surface area contributed by atoms with Crippen molar-refractivity contribution in [1.29, 1.82) is 0 Å². The van der Waals surface area contributed by atoms with Crippen molar-refractivity contribution in [3.8, 4) is 0 Å². The van der Waals surface area contributed by atoms with Crippen LogP contribution in [0.2, 0.25) is 0 Å². The lowest BCUT2D eigenvalue weighted by Crippen LogP contribution is -2.21. The summed E-state index contributed by atoms with van der Waals surface area (Å²) >= 11 is 0. The molecule has 1 unspecified atom stereocenters. The maximum atomic E-state index is 9.07. The summed E-state index contributed by atoms with van der Waals surface area (Å²) in [4.78, 5) is 8.90. The number of benzene rings is 1. The van der Waals surface area contributed by atoms with Crippen LogP contribution in [-0.4, -0.2) is 34.8 Å². The highest BCUT2D eigenvalue weighted by Crippen LogP contribution is 2.23. The molecule has 0 saturated heterocycles. The summed E-state index contributed by atoms with van der Waals surface area (Å²) in [5.41, 5.74) is 0.906. The summed E-state index contributed by atoms with van der Waals surface area (Å²) < 4.78 is 0. The lowest BCUT2D eigenvalue weighted by molar-refractivity contribution is 0.278. The second-order valence-corrected chi connectivity index (χ2v) is 4.42. The smallest absolute Gasteiger partial charge is 0.224 e. The molecule has 2 rings (SSSR count). The fraction of sp³-hybridized carbons (Fsp3) is 0.429. The van der Waals surface area contributed by atoms with Crippen LogP contribution in [0.1, 0.15) is 19.8 Å². The Bertz CT molecular complexity index is 544. The monoisotopic (exact) mass is 260 g/mol. The van der Waals surface area contributed by atoms with Crippen molar-refractivity contribution in [2.75, 3.05) is 24.3 Å². The molecule has 1 aromatic heterocycles. The van der Waals surface area contributed by atoms with Crippen molar-refractivity contribution < 1.29 is 5.11 Å². The van der Waals surface area contributed by atoms with Crippen molar-refractivity contribution in [3.63, 3.8) is 0 Å². The van der Waals surface area contributed by atoms with E-state index in [4.69, 9.17) is 5.11 Å². The van der Waals surface area contributed by atoms with Crippen LogP contribution in [-0.2, 0) is 0 Å². The maximum Gasteiger partial charge on any atom is 0.224 e. The maximum absolute atomic E-state index is 9.07. The number of hydrogen-bond donors (Lipinski definition) is 3. The standard InChI is InChI=1S/C14H20N4O/c1-3-10(8-9-19)16-13-11-6-4-5-7-12(11)17-14(15-2)18-13/h4-7,10,19H,3,8-9H2,1-2H3,(H2,15,16,17,18). The van der Waals surface area contributed by atoms with Gasteiger partial charge in [0, 0.05) is 25.1 Å².